The van der Waals surface area contributed by atoms with Gasteiger partial charge in [-0.05, 0) is 32.1 Å². The van der Waals surface area contributed by atoms with Crippen LogP contribution in [0.3, 0.4) is 0 Å². The molecule has 0 aromatic carbocycles. The molecule has 6 heteroatoms. The number of hydrogen-bond donors (Lipinski definition) is 2. The van der Waals surface area contributed by atoms with Crippen LogP contribution in [0.25, 0.3) is 0 Å². The largest absolute Gasteiger partial charge is 0.377 e. The Labute approximate surface area is 113 Å². The minimum absolute atomic E-state index is 0.0120. The van der Waals surface area contributed by atoms with Crippen LogP contribution in [0, 0.1) is 0 Å². The second-order valence-corrected chi connectivity index (χ2v) is 5.30. The molecule has 0 aromatic heterocycles. The molecule has 19 heavy (non-hydrogen) atoms. The lowest BCUT2D eigenvalue weighted by molar-refractivity contribution is -0.140. The minimum atomic E-state index is -0.0838. The first kappa shape index (κ1) is 14.3. The van der Waals surface area contributed by atoms with Crippen LogP contribution in [0.5, 0.6) is 0 Å². The lowest BCUT2D eigenvalue weighted by atomic mass is 9.99. The number of hydrogen-bond acceptors (Lipinski definition) is 4. The Hall–Kier alpha value is -1.14. The minimum Gasteiger partial charge on any atom is -0.377 e. The van der Waals surface area contributed by atoms with Crippen molar-refractivity contribution < 1.29 is 14.3 Å². The van der Waals surface area contributed by atoms with Crippen LogP contribution in [0.4, 0.5) is 0 Å². The summed E-state index contributed by atoms with van der Waals surface area (Å²) in [6, 6.07) is 0.0361. The van der Waals surface area contributed by atoms with Crippen molar-refractivity contribution in [3.05, 3.63) is 0 Å². The average Bonchev–Trinajstić information content (AvgIpc) is 2.43. The zero-order valence-corrected chi connectivity index (χ0v) is 11.3. The van der Waals surface area contributed by atoms with Crippen LogP contribution in [0.2, 0.25) is 0 Å². The highest BCUT2D eigenvalue weighted by Crippen LogP contribution is 2.17. The number of nitrogens with one attached hydrogen (secondary N) is 1. The summed E-state index contributed by atoms with van der Waals surface area (Å²) < 4.78 is 5.65. The fraction of sp³-hybridized carbons (Fsp3) is 0.846. The molecule has 3 N–H and O–H groups in total. The van der Waals surface area contributed by atoms with Gasteiger partial charge in [0.1, 0.15) is 0 Å². The van der Waals surface area contributed by atoms with Crippen LogP contribution in [-0.2, 0) is 14.3 Å². The molecule has 2 fully saturated rings. The summed E-state index contributed by atoms with van der Waals surface area (Å²) in [5.41, 5.74) is 6.12. The summed E-state index contributed by atoms with van der Waals surface area (Å²) in [4.78, 5) is 24.4. The summed E-state index contributed by atoms with van der Waals surface area (Å²) in [5, 5.41) is 2.54. The van der Waals surface area contributed by atoms with Crippen LogP contribution in [0.1, 0.15) is 32.1 Å². The van der Waals surface area contributed by atoms with Gasteiger partial charge < -0.3 is 20.7 Å². The van der Waals surface area contributed by atoms with Crippen LogP contribution in [0.15, 0.2) is 0 Å². The van der Waals surface area contributed by atoms with E-state index >= 15 is 0 Å². The van der Waals surface area contributed by atoms with Crippen LogP contribution in [-0.4, -0.2) is 55.1 Å². The van der Waals surface area contributed by atoms with E-state index in [4.69, 9.17) is 10.5 Å². The van der Waals surface area contributed by atoms with Crippen molar-refractivity contribution in [1.82, 2.24) is 10.2 Å². The molecule has 0 radical (unpaired) electrons. The number of nitrogens with two attached hydrogens (primary N) is 1. The highest BCUT2D eigenvalue weighted by atomic mass is 16.5. The van der Waals surface area contributed by atoms with Crippen LogP contribution >= 0.6 is 0 Å². The Morgan fingerprint density at radius 3 is 3.00 bits per heavy atom. The molecule has 2 heterocycles. The smallest absolute Gasteiger partial charge is 0.242 e. The third-order valence-corrected chi connectivity index (χ3v) is 3.78. The average molecular weight is 269 g/mol. The summed E-state index contributed by atoms with van der Waals surface area (Å²) >= 11 is 0. The van der Waals surface area contributed by atoms with Gasteiger partial charge in [-0.25, -0.2) is 0 Å². The normalized spacial score (nSPS) is 26.2. The Morgan fingerprint density at radius 1 is 1.42 bits per heavy atom. The second-order valence-electron chi connectivity index (χ2n) is 5.30. The Balaban J connectivity index is 1.67. The van der Waals surface area contributed by atoms with Crippen molar-refractivity contribution in [3.8, 4) is 0 Å². The Bertz CT molecular complexity index is 329. The van der Waals surface area contributed by atoms with Crippen molar-refractivity contribution in [1.29, 1.82) is 0 Å². The van der Waals surface area contributed by atoms with Gasteiger partial charge >= 0.3 is 0 Å². The van der Waals surface area contributed by atoms with Gasteiger partial charge in [-0.2, -0.15) is 0 Å². The van der Waals surface area contributed by atoms with E-state index in [9.17, 15) is 9.59 Å². The van der Waals surface area contributed by atoms with Gasteiger partial charge in [-0.15, -0.1) is 0 Å². The molecule has 108 valence electrons. The number of amides is 2. The molecule has 2 unspecified atom stereocenters. The van der Waals surface area contributed by atoms with E-state index in [0.717, 1.165) is 32.3 Å². The van der Waals surface area contributed by atoms with Gasteiger partial charge in [0.15, 0.2) is 0 Å². The molecule has 2 aliphatic heterocycles. The predicted octanol–water partition coefficient (Wildman–Crippen LogP) is -0.379. The van der Waals surface area contributed by atoms with E-state index in [1.54, 1.807) is 4.90 Å². The second kappa shape index (κ2) is 6.86. The van der Waals surface area contributed by atoms with Gasteiger partial charge in [0.25, 0.3) is 0 Å². The van der Waals surface area contributed by atoms with Gasteiger partial charge in [-0.1, -0.05) is 0 Å². The molecule has 2 amide bonds. The van der Waals surface area contributed by atoms with E-state index in [0.29, 0.717) is 6.54 Å². The van der Waals surface area contributed by atoms with Crippen molar-refractivity contribution in [2.45, 2.75) is 44.2 Å². The molecule has 6 nitrogen and oxygen atoms in total. The van der Waals surface area contributed by atoms with E-state index in [1.165, 1.54) is 6.42 Å². The zero-order valence-electron chi connectivity index (χ0n) is 11.3. The maximum atomic E-state index is 11.6. The lowest BCUT2D eigenvalue weighted by Gasteiger charge is -2.30. The fourth-order valence-corrected chi connectivity index (χ4v) is 2.61. The molecule has 2 rings (SSSR count). The first-order valence-electron chi connectivity index (χ1n) is 7.08. The number of nitrogens with zero attached hydrogens (tertiary/aromatic N) is 1. The molecule has 2 saturated heterocycles. The third kappa shape index (κ3) is 4.18. The third-order valence-electron chi connectivity index (χ3n) is 3.78. The standard InChI is InChI=1S/C13H23N3O3/c14-10(11-5-1-2-7-19-11)4-3-6-16-9-12(17)15-8-13(16)18/h10-11H,1-9,14H2,(H,15,17). The van der Waals surface area contributed by atoms with Crippen LogP contribution < -0.4 is 11.1 Å². The summed E-state index contributed by atoms with van der Waals surface area (Å²) in [6.45, 7) is 1.71. The number of ether oxygens (including phenoxy) is 1. The predicted molar refractivity (Wildman–Crippen MR) is 70.4 cm³/mol. The van der Waals surface area contributed by atoms with Gasteiger partial charge in [0, 0.05) is 19.2 Å². The quantitative estimate of drug-likeness (QED) is 0.712. The van der Waals surface area contributed by atoms with E-state index in [2.05, 4.69) is 5.32 Å². The number of piperazine rings is 1. The number of carbonyl (C=O) groups excluding carboxylic acids is 2. The summed E-state index contributed by atoms with van der Waals surface area (Å²) in [5.74, 6) is -0.0957. The zero-order chi connectivity index (χ0) is 13.7. The van der Waals surface area contributed by atoms with E-state index in [-0.39, 0.29) is 37.0 Å². The lowest BCUT2D eigenvalue weighted by Crippen LogP contribution is -2.51. The maximum Gasteiger partial charge on any atom is 0.242 e. The van der Waals surface area contributed by atoms with Gasteiger partial charge in [-0.3, -0.25) is 9.59 Å². The maximum absolute atomic E-state index is 11.6. The first-order valence-corrected chi connectivity index (χ1v) is 7.08. The van der Waals surface area contributed by atoms with Crippen molar-refractivity contribution >= 4 is 11.8 Å². The fourth-order valence-electron chi connectivity index (χ4n) is 2.61. The van der Waals surface area contributed by atoms with Crippen molar-refractivity contribution in [3.63, 3.8) is 0 Å². The number of carbonyl (C=O) groups is 2. The molecule has 0 saturated carbocycles. The summed E-state index contributed by atoms with van der Waals surface area (Å²) in [7, 11) is 0. The monoisotopic (exact) mass is 269 g/mol. The molecule has 2 atom stereocenters. The SMILES string of the molecule is NC(CCCN1CC(=O)NCC1=O)C1CCCCO1. The Kier molecular flexibility index (Phi) is 5.15. The van der Waals surface area contributed by atoms with Crippen molar-refractivity contribution in [2.75, 3.05) is 26.2 Å². The van der Waals surface area contributed by atoms with E-state index < -0.39 is 0 Å². The molecular formula is C13H23N3O3. The molecule has 0 spiro atoms. The highest BCUT2D eigenvalue weighted by Gasteiger charge is 2.24. The topological polar surface area (TPSA) is 84.7 Å². The molecule has 0 aliphatic carbocycles. The van der Waals surface area contributed by atoms with Gasteiger partial charge in [0.2, 0.25) is 11.8 Å². The molecule has 0 bridgehead atoms. The van der Waals surface area contributed by atoms with E-state index in [1.807, 2.05) is 0 Å². The molecule has 0 aromatic rings. The first-order chi connectivity index (χ1) is 9.16. The Morgan fingerprint density at radius 2 is 2.26 bits per heavy atom. The molecule has 2 aliphatic rings. The number of rotatable bonds is 5. The summed E-state index contributed by atoms with van der Waals surface area (Å²) in [6.07, 6.45) is 5.15. The van der Waals surface area contributed by atoms with Crippen molar-refractivity contribution in [2.24, 2.45) is 5.73 Å². The molecular weight excluding hydrogens is 246 g/mol. The van der Waals surface area contributed by atoms with Gasteiger partial charge in [0.05, 0.1) is 19.2 Å². The highest BCUT2D eigenvalue weighted by molar-refractivity contribution is 5.92.